The summed E-state index contributed by atoms with van der Waals surface area (Å²) in [6.45, 7) is 3.50. The largest absolute Gasteiger partial charge is 0.381 e. The molecule has 1 aromatic carbocycles. The molecule has 0 N–H and O–H groups in total. The number of nitrogens with zero attached hydrogens (tertiary/aromatic N) is 4. The van der Waals surface area contributed by atoms with Gasteiger partial charge in [0.05, 0.1) is 6.61 Å². The second kappa shape index (κ2) is 7.14. The van der Waals surface area contributed by atoms with Crippen molar-refractivity contribution in [2.75, 3.05) is 13.2 Å². The smallest absolute Gasteiger partial charge is 0.226 e. The van der Waals surface area contributed by atoms with E-state index in [2.05, 4.69) is 20.3 Å². The van der Waals surface area contributed by atoms with E-state index in [1.54, 1.807) is 0 Å². The Balaban J connectivity index is 1.32. The molecule has 0 spiro atoms. The maximum absolute atomic E-state index is 5.36. The molecule has 3 heterocycles. The SMILES string of the molecule is Cc1cccc(-c2noc(CCCc3nc(C4CCOC4)no3)n2)c1. The third kappa shape index (κ3) is 3.76. The van der Waals surface area contributed by atoms with Gasteiger partial charge in [0.25, 0.3) is 0 Å². The lowest BCUT2D eigenvalue weighted by Crippen LogP contribution is -2.00. The molecule has 3 aromatic rings. The molecule has 0 saturated carbocycles. The van der Waals surface area contributed by atoms with E-state index in [9.17, 15) is 0 Å². The van der Waals surface area contributed by atoms with Gasteiger partial charge in [-0.05, 0) is 25.8 Å². The standard InChI is InChI=1S/C18H20N4O3/c1-12-4-2-5-13(10-12)17-19-15(24-21-17)6-3-7-16-20-18(22-25-16)14-8-9-23-11-14/h2,4-5,10,14H,3,6-9,11H2,1H3. The summed E-state index contributed by atoms with van der Waals surface area (Å²) in [7, 11) is 0. The van der Waals surface area contributed by atoms with Gasteiger partial charge in [-0.3, -0.25) is 0 Å². The van der Waals surface area contributed by atoms with E-state index in [0.717, 1.165) is 30.8 Å². The van der Waals surface area contributed by atoms with E-state index in [4.69, 9.17) is 13.8 Å². The van der Waals surface area contributed by atoms with Gasteiger partial charge in [0.1, 0.15) is 0 Å². The molecule has 0 aliphatic carbocycles. The van der Waals surface area contributed by atoms with Gasteiger partial charge in [0.2, 0.25) is 17.6 Å². The highest BCUT2D eigenvalue weighted by atomic mass is 16.5. The summed E-state index contributed by atoms with van der Waals surface area (Å²) in [5.74, 6) is 2.93. The number of ether oxygens (including phenoxy) is 1. The molecule has 0 radical (unpaired) electrons. The lowest BCUT2D eigenvalue weighted by atomic mass is 10.1. The first-order valence-corrected chi connectivity index (χ1v) is 8.58. The number of hydrogen-bond donors (Lipinski definition) is 0. The summed E-state index contributed by atoms with van der Waals surface area (Å²) in [5, 5.41) is 8.12. The van der Waals surface area contributed by atoms with Crippen LogP contribution in [0.5, 0.6) is 0 Å². The van der Waals surface area contributed by atoms with Crippen LogP contribution in [0.3, 0.4) is 0 Å². The summed E-state index contributed by atoms with van der Waals surface area (Å²) in [5.41, 5.74) is 2.14. The summed E-state index contributed by atoms with van der Waals surface area (Å²) in [4.78, 5) is 8.92. The number of aryl methyl sites for hydroxylation is 3. The molecule has 7 nitrogen and oxygen atoms in total. The Morgan fingerprint density at radius 1 is 1.08 bits per heavy atom. The number of hydrogen-bond acceptors (Lipinski definition) is 7. The molecule has 0 bridgehead atoms. The van der Waals surface area contributed by atoms with Crippen LogP contribution in [0.15, 0.2) is 33.3 Å². The Hall–Kier alpha value is -2.54. The van der Waals surface area contributed by atoms with Gasteiger partial charge in [-0.15, -0.1) is 0 Å². The highest BCUT2D eigenvalue weighted by molar-refractivity contribution is 5.55. The molecule has 130 valence electrons. The van der Waals surface area contributed by atoms with Gasteiger partial charge in [0.15, 0.2) is 5.82 Å². The van der Waals surface area contributed by atoms with E-state index in [1.807, 2.05) is 31.2 Å². The topological polar surface area (TPSA) is 87.1 Å². The minimum absolute atomic E-state index is 0.269. The van der Waals surface area contributed by atoms with Crippen molar-refractivity contribution >= 4 is 0 Å². The second-order valence-corrected chi connectivity index (χ2v) is 6.34. The minimum atomic E-state index is 0.269. The molecular weight excluding hydrogens is 320 g/mol. The molecule has 25 heavy (non-hydrogen) atoms. The molecule has 1 unspecified atom stereocenters. The monoisotopic (exact) mass is 340 g/mol. The normalized spacial score (nSPS) is 17.2. The number of aromatic nitrogens is 4. The summed E-state index contributed by atoms with van der Waals surface area (Å²) < 4.78 is 16.0. The molecule has 1 aliphatic heterocycles. The van der Waals surface area contributed by atoms with Crippen LogP contribution in [0.4, 0.5) is 0 Å². The Morgan fingerprint density at radius 2 is 1.92 bits per heavy atom. The zero-order valence-corrected chi connectivity index (χ0v) is 14.1. The van der Waals surface area contributed by atoms with E-state index >= 15 is 0 Å². The fourth-order valence-electron chi connectivity index (χ4n) is 2.92. The molecule has 1 saturated heterocycles. The number of benzene rings is 1. The quantitative estimate of drug-likeness (QED) is 0.681. The maximum Gasteiger partial charge on any atom is 0.226 e. The van der Waals surface area contributed by atoms with Crippen LogP contribution in [0.1, 0.15) is 41.9 Å². The van der Waals surface area contributed by atoms with Gasteiger partial charge in [0, 0.05) is 30.9 Å². The molecule has 1 aliphatic rings. The van der Waals surface area contributed by atoms with Crippen LogP contribution in [0.25, 0.3) is 11.4 Å². The molecule has 7 heteroatoms. The average Bonchev–Trinajstić information content (AvgIpc) is 3.36. The lowest BCUT2D eigenvalue weighted by Gasteiger charge is -1.97. The predicted octanol–water partition coefficient (Wildman–Crippen LogP) is 3.11. The average molecular weight is 340 g/mol. The zero-order valence-electron chi connectivity index (χ0n) is 14.1. The summed E-state index contributed by atoms with van der Waals surface area (Å²) in [6, 6.07) is 8.06. The third-order valence-electron chi connectivity index (χ3n) is 4.30. The van der Waals surface area contributed by atoms with Crippen molar-refractivity contribution in [1.29, 1.82) is 0 Å². The molecule has 0 amide bonds. The van der Waals surface area contributed by atoms with E-state index in [-0.39, 0.29) is 5.92 Å². The van der Waals surface area contributed by atoms with Crippen molar-refractivity contribution in [2.24, 2.45) is 0 Å². The molecule has 2 aromatic heterocycles. The van der Waals surface area contributed by atoms with E-state index in [0.29, 0.717) is 37.1 Å². The van der Waals surface area contributed by atoms with Crippen molar-refractivity contribution in [3.63, 3.8) is 0 Å². The van der Waals surface area contributed by atoms with Crippen molar-refractivity contribution < 1.29 is 13.8 Å². The Bertz CT molecular complexity index is 836. The van der Waals surface area contributed by atoms with Crippen molar-refractivity contribution in [1.82, 2.24) is 20.3 Å². The first-order chi connectivity index (χ1) is 12.3. The van der Waals surface area contributed by atoms with Crippen LogP contribution in [-0.2, 0) is 17.6 Å². The van der Waals surface area contributed by atoms with Crippen LogP contribution in [0, 0.1) is 6.92 Å². The fraction of sp³-hybridized carbons (Fsp3) is 0.444. The summed E-state index contributed by atoms with van der Waals surface area (Å²) >= 11 is 0. The number of rotatable bonds is 6. The van der Waals surface area contributed by atoms with Gasteiger partial charge >= 0.3 is 0 Å². The maximum atomic E-state index is 5.36. The molecule has 1 fully saturated rings. The fourth-order valence-corrected chi connectivity index (χ4v) is 2.92. The van der Waals surface area contributed by atoms with Gasteiger partial charge in [-0.2, -0.15) is 9.97 Å². The Kier molecular flexibility index (Phi) is 4.56. The highest BCUT2D eigenvalue weighted by Gasteiger charge is 2.23. The predicted molar refractivity (Wildman–Crippen MR) is 89.0 cm³/mol. The van der Waals surface area contributed by atoms with Crippen LogP contribution in [-0.4, -0.2) is 33.5 Å². The molecule has 1 atom stereocenters. The lowest BCUT2D eigenvalue weighted by molar-refractivity contribution is 0.192. The molecular formula is C18H20N4O3. The first kappa shape index (κ1) is 16.0. The Labute approximate surface area is 145 Å². The van der Waals surface area contributed by atoms with Crippen LogP contribution < -0.4 is 0 Å². The van der Waals surface area contributed by atoms with E-state index in [1.165, 1.54) is 5.56 Å². The second-order valence-electron chi connectivity index (χ2n) is 6.34. The third-order valence-corrected chi connectivity index (χ3v) is 4.30. The van der Waals surface area contributed by atoms with Gasteiger partial charge in [-0.25, -0.2) is 0 Å². The first-order valence-electron chi connectivity index (χ1n) is 8.58. The van der Waals surface area contributed by atoms with Crippen molar-refractivity contribution in [2.45, 2.75) is 38.5 Å². The zero-order chi connectivity index (χ0) is 17.1. The van der Waals surface area contributed by atoms with Crippen molar-refractivity contribution in [3.05, 3.63) is 47.4 Å². The van der Waals surface area contributed by atoms with Crippen LogP contribution >= 0.6 is 0 Å². The van der Waals surface area contributed by atoms with Gasteiger partial charge in [-0.1, -0.05) is 34.1 Å². The van der Waals surface area contributed by atoms with Crippen molar-refractivity contribution in [3.8, 4) is 11.4 Å². The summed E-state index contributed by atoms with van der Waals surface area (Å²) in [6.07, 6.45) is 3.16. The minimum Gasteiger partial charge on any atom is -0.381 e. The highest BCUT2D eigenvalue weighted by Crippen LogP contribution is 2.23. The van der Waals surface area contributed by atoms with Gasteiger partial charge < -0.3 is 13.8 Å². The molecule has 4 rings (SSSR count). The van der Waals surface area contributed by atoms with E-state index < -0.39 is 0 Å². The Morgan fingerprint density at radius 3 is 2.72 bits per heavy atom. The van der Waals surface area contributed by atoms with Crippen LogP contribution in [0.2, 0.25) is 0 Å².